The van der Waals surface area contributed by atoms with Gasteiger partial charge >= 0.3 is 0 Å². The lowest BCUT2D eigenvalue weighted by Gasteiger charge is -2.34. The van der Waals surface area contributed by atoms with Crippen LogP contribution < -0.4 is 5.32 Å². The molecule has 2 aromatic carbocycles. The van der Waals surface area contributed by atoms with Crippen molar-refractivity contribution in [3.8, 4) is 16.9 Å². The van der Waals surface area contributed by atoms with Gasteiger partial charge in [-0.1, -0.05) is 30.3 Å². The standard InChI is InChI=1S/C16H15NO/c18-14-6-2-4-11-9-13-15-10(7-8-17-13)3-1-5-12(15)16(11)14/h1-6,13,17-18H,7-9H2. The lowest BCUT2D eigenvalue weighted by molar-refractivity contribution is 0.469. The molecule has 0 bridgehead atoms. The first-order valence-corrected chi connectivity index (χ1v) is 6.51. The van der Waals surface area contributed by atoms with Crippen LogP contribution in [0.2, 0.25) is 0 Å². The number of aromatic hydroxyl groups is 1. The molecular formula is C16H15NO. The van der Waals surface area contributed by atoms with Crippen LogP contribution in [0, 0.1) is 0 Å². The van der Waals surface area contributed by atoms with Gasteiger partial charge in [0.2, 0.25) is 0 Å². The normalized spacial score (nSPS) is 20.1. The third-order valence-electron chi connectivity index (χ3n) is 4.15. The van der Waals surface area contributed by atoms with Crippen LogP contribution in [0.5, 0.6) is 5.75 Å². The Labute approximate surface area is 106 Å². The van der Waals surface area contributed by atoms with E-state index in [9.17, 15) is 5.11 Å². The molecule has 4 rings (SSSR count). The minimum atomic E-state index is 0.407. The summed E-state index contributed by atoms with van der Waals surface area (Å²) in [4.78, 5) is 0. The number of rotatable bonds is 0. The van der Waals surface area contributed by atoms with Crippen LogP contribution in [0.15, 0.2) is 36.4 Å². The molecule has 2 aromatic rings. The fraction of sp³-hybridized carbons (Fsp3) is 0.250. The zero-order valence-electron chi connectivity index (χ0n) is 10.1. The van der Waals surface area contributed by atoms with Crippen molar-refractivity contribution in [2.24, 2.45) is 0 Å². The zero-order chi connectivity index (χ0) is 12.1. The molecule has 1 aliphatic heterocycles. The number of phenols is 1. The molecule has 2 nitrogen and oxygen atoms in total. The molecule has 90 valence electrons. The van der Waals surface area contributed by atoms with E-state index in [2.05, 4.69) is 29.6 Å². The highest BCUT2D eigenvalue weighted by Gasteiger charge is 2.30. The topological polar surface area (TPSA) is 32.3 Å². The van der Waals surface area contributed by atoms with Crippen molar-refractivity contribution in [3.63, 3.8) is 0 Å². The minimum Gasteiger partial charge on any atom is -0.507 e. The van der Waals surface area contributed by atoms with E-state index < -0.39 is 0 Å². The third-order valence-corrected chi connectivity index (χ3v) is 4.15. The van der Waals surface area contributed by atoms with E-state index >= 15 is 0 Å². The Kier molecular flexibility index (Phi) is 2.03. The van der Waals surface area contributed by atoms with Crippen LogP contribution in [-0.4, -0.2) is 11.7 Å². The van der Waals surface area contributed by atoms with Gasteiger partial charge in [0.25, 0.3) is 0 Å². The van der Waals surface area contributed by atoms with Gasteiger partial charge in [-0.3, -0.25) is 0 Å². The van der Waals surface area contributed by atoms with Crippen LogP contribution in [0.25, 0.3) is 11.1 Å². The molecule has 0 aromatic heterocycles. The average molecular weight is 237 g/mol. The SMILES string of the molecule is Oc1cccc2c1-c1cccc3c1C(C2)NCC3. The third kappa shape index (κ3) is 1.27. The fourth-order valence-electron chi connectivity index (χ4n) is 3.41. The Morgan fingerprint density at radius 1 is 1.06 bits per heavy atom. The largest absolute Gasteiger partial charge is 0.507 e. The highest BCUT2D eigenvalue weighted by atomic mass is 16.3. The molecule has 0 fully saturated rings. The van der Waals surface area contributed by atoms with Gasteiger partial charge in [0.1, 0.15) is 5.75 Å². The molecule has 1 atom stereocenters. The number of benzene rings is 2. The van der Waals surface area contributed by atoms with E-state index in [0.29, 0.717) is 11.8 Å². The molecule has 1 aliphatic carbocycles. The lowest BCUT2D eigenvalue weighted by Crippen LogP contribution is -2.33. The van der Waals surface area contributed by atoms with Gasteiger partial charge in [0.05, 0.1) is 0 Å². The lowest BCUT2D eigenvalue weighted by atomic mass is 9.78. The predicted molar refractivity (Wildman–Crippen MR) is 71.7 cm³/mol. The maximum Gasteiger partial charge on any atom is 0.123 e. The Morgan fingerprint density at radius 2 is 1.89 bits per heavy atom. The molecule has 1 heterocycles. The van der Waals surface area contributed by atoms with Gasteiger partial charge in [-0.2, -0.15) is 0 Å². The monoisotopic (exact) mass is 237 g/mol. The summed E-state index contributed by atoms with van der Waals surface area (Å²) in [6.45, 7) is 1.05. The molecule has 1 unspecified atom stereocenters. The van der Waals surface area contributed by atoms with Crippen LogP contribution in [-0.2, 0) is 12.8 Å². The molecule has 0 saturated carbocycles. The fourth-order valence-corrected chi connectivity index (χ4v) is 3.41. The van der Waals surface area contributed by atoms with Gasteiger partial charge < -0.3 is 10.4 Å². The number of phenolic OH excluding ortho intramolecular Hbond substituents is 1. The highest BCUT2D eigenvalue weighted by Crippen LogP contribution is 2.45. The van der Waals surface area contributed by atoms with Crippen LogP contribution in [0.4, 0.5) is 0 Å². The molecule has 2 N–H and O–H groups in total. The summed E-state index contributed by atoms with van der Waals surface area (Å²) in [5.74, 6) is 0.407. The van der Waals surface area contributed by atoms with Crippen LogP contribution in [0.3, 0.4) is 0 Å². The smallest absolute Gasteiger partial charge is 0.123 e. The van der Waals surface area contributed by atoms with Crippen molar-refractivity contribution in [1.29, 1.82) is 0 Å². The van der Waals surface area contributed by atoms with Crippen LogP contribution >= 0.6 is 0 Å². The molecule has 18 heavy (non-hydrogen) atoms. The Bertz CT molecular complexity index is 633. The number of nitrogens with one attached hydrogen (secondary N) is 1. The van der Waals surface area contributed by atoms with Gasteiger partial charge in [0, 0.05) is 11.6 Å². The second kappa shape index (κ2) is 3.59. The van der Waals surface area contributed by atoms with Crippen LogP contribution in [0.1, 0.15) is 22.7 Å². The zero-order valence-corrected chi connectivity index (χ0v) is 10.1. The van der Waals surface area contributed by atoms with E-state index in [1.54, 1.807) is 6.07 Å². The summed E-state index contributed by atoms with van der Waals surface area (Å²) >= 11 is 0. The second-order valence-electron chi connectivity index (χ2n) is 5.15. The van der Waals surface area contributed by atoms with Crippen molar-refractivity contribution >= 4 is 0 Å². The van der Waals surface area contributed by atoms with Crippen molar-refractivity contribution in [2.45, 2.75) is 18.9 Å². The Morgan fingerprint density at radius 3 is 2.83 bits per heavy atom. The van der Waals surface area contributed by atoms with Gasteiger partial charge in [-0.25, -0.2) is 0 Å². The first kappa shape index (κ1) is 10.2. The maximum atomic E-state index is 10.2. The summed E-state index contributed by atoms with van der Waals surface area (Å²) in [5.41, 5.74) is 6.33. The summed E-state index contributed by atoms with van der Waals surface area (Å²) < 4.78 is 0. The molecule has 2 aliphatic rings. The van der Waals surface area contributed by atoms with Crippen molar-refractivity contribution in [1.82, 2.24) is 5.32 Å². The first-order valence-electron chi connectivity index (χ1n) is 6.51. The van der Waals surface area contributed by atoms with Crippen molar-refractivity contribution in [2.75, 3.05) is 6.54 Å². The van der Waals surface area contributed by atoms with Crippen molar-refractivity contribution < 1.29 is 5.11 Å². The molecule has 0 radical (unpaired) electrons. The second-order valence-corrected chi connectivity index (χ2v) is 5.15. The molecule has 0 saturated heterocycles. The van der Waals surface area contributed by atoms with Gasteiger partial charge in [-0.05, 0) is 47.7 Å². The van der Waals surface area contributed by atoms with E-state index in [1.165, 1.54) is 22.3 Å². The highest BCUT2D eigenvalue weighted by molar-refractivity contribution is 5.80. The van der Waals surface area contributed by atoms with Gasteiger partial charge in [0.15, 0.2) is 0 Å². The van der Waals surface area contributed by atoms with E-state index in [4.69, 9.17) is 0 Å². The summed E-state index contributed by atoms with van der Waals surface area (Å²) in [6.07, 6.45) is 2.07. The Hall–Kier alpha value is -1.80. The first-order chi connectivity index (χ1) is 8.84. The summed E-state index contributed by atoms with van der Waals surface area (Å²) in [6, 6.07) is 12.7. The maximum absolute atomic E-state index is 10.2. The molecule has 0 spiro atoms. The number of fused-ring (bicyclic) bond motifs is 2. The van der Waals surface area contributed by atoms with E-state index in [0.717, 1.165) is 24.9 Å². The van der Waals surface area contributed by atoms with E-state index in [-0.39, 0.29) is 0 Å². The quantitative estimate of drug-likeness (QED) is 0.738. The Balaban J connectivity index is 2.06. The number of hydrogen-bond acceptors (Lipinski definition) is 2. The van der Waals surface area contributed by atoms with Gasteiger partial charge in [-0.15, -0.1) is 0 Å². The molecule has 2 heteroatoms. The predicted octanol–water partition coefficient (Wildman–Crippen LogP) is 2.80. The van der Waals surface area contributed by atoms with Crippen molar-refractivity contribution in [3.05, 3.63) is 53.1 Å². The van der Waals surface area contributed by atoms with E-state index in [1.807, 2.05) is 6.07 Å². The minimum absolute atomic E-state index is 0.407. The average Bonchev–Trinajstić information content (AvgIpc) is 2.39. The molecule has 0 amide bonds. The number of hydrogen-bond donors (Lipinski definition) is 2. The summed E-state index contributed by atoms with van der Waals surface area (Å²) in [5, 5.41) is 13.7. The summed E-state index contributed by atoms with van der Waals surface area (Å²) in [7, 11) is 0. The molecular weight excluding hydrogens is 222 g/mol.